The van der Waals surface area contributed by atoms with Gasteiger partial charge in [0.25, 0.3) is 0 Å². The van der Waals surface area contributed by atoms with Crippen LogP contribution in [0.15, 0.2) is 67.3 Å². The van der Waals surface area contributed by atoms with Crippen molar-refractivity contribution in [1.29, 1.82) is 0 Å². The van der Waals surface area contributed by atoms with Crippen LogP contribution in [0.2, 0.25) is 0 Å². The Morgan fingerprint density at radius 2 is 1.75 bits per heavy atom. The minimum Gasteiger partial charge on any atom is -0.466 e. The molecule has 0 aromatic heterocycles. The molecular weight excluding hydrogens is 311 g/mol. The van der Waals surface area contributed by atoms with Crippen molar-refractivity contribution in [2.45, 2.75) is 12.0 Å². The number of hydrogen-bond donors (Lipinski definition) is 0. The summed E-state index contributed by atoms with van der Waals surface area (Å²) >= 11 is 0. The number of methoxy groups -OCH3 is 1. The first-order valence-electron chi connectivity index (χ1n) is 7.28. The van der Waals surface area contributed by atoms with Gasteiger partial charge in [-0.1, -0.05) is 48.5 Å². The Bertz CT molecular complexity index is 742. The van der Waals surface area contributed by atoms with E-state index in [1.54, 1.807) is 30.3 Å². The molecule has 5 heteroatoms. The van der Waals surface area contributed by atoms with Gasteiger partial charge in [-0.15, -0.1) is 6.58 Å². The maximum atomic E-state index is 13.8. The summed E-state index contributed by atoms with van der Waals surface area (Å²) < 4.78 is 24.1. The molecule has 0 bridgehead atoms. The zero-order chi connectivity index (χ0) is 17.6. The van der Waals surface area contributed by atoms with Crippen molar-refractivity contribution in [3.63, 3.8) is 0 Å². The molecule has 0 aliphatic heterocycles. The van der Waals surface area contributed by atoms with Gasteiger partial charge in [-0.3, -0.25) is 0 Å². The smallest absolute Gasteiger partial charge is 0.355 e. The minimum atomic E-state index is -1.73. The predicted octanol–water partition coefficient (Wildman–Crippen LogP) is 3.63. The lowest BCUT2D eigenvalue weighted by Gasteiger charge is -2.30. The molecule has 1 unspecified atom stereocenters. The van der Waals surface area contributed by atoms with Gasteiger partial charge < -0.3 is 9.47 Å². The normalized spacial score (nSPS) is 12.8. The Kier molecular flexibility index (Phi) is 5.47. The summed E-state index contributed by atoms with van der Waals surface area (Å²) in [4.78, 5) is 24.9. The van der Waals surface area contributed by atoms with Crippen LogP contribution in [0, 0.1) is 5.82 Å². The number of benzene rings is 2. The molecule has 0 saturated heterocycles. The van der Waals surface area contributed by atoms with Gasteiger partial charge in [0.05, 0.1) is 12.7 Å². The fraction of sp³-hybridized carbons (Fsp3) is 0.158. The number of esters is 2. The fourth-order valence-corrected chi connectivity index (χ4v) is 2.38. The summed E-state index contributed by atoms with van der Waals surface area (Å²) in [6.07, 6.45) is 1.43. The van der Waals surface area contributed by atoms with E-state index in [0.29, 0.717) is 5.56 Å². The second-order valence-electron chi connectivity index (χ2n) is 5.05. The largest absolute Gasteiger partial charge is 0.466 e. The van der Waals surface area contributed by atoms with E-state index in [1.807, 2.05) is 0 Å². The van der Waals surface area contributed by atoms with Crippen molar-refractivity contribution in [3.8, 4) is 0 Å². The second kappa shape index (κ2) is 7.55. The lowest BCUT2D eigenvalue weighted by Crippen LogP contribution is -2.41. The Balaban J connectivity index is 2.50. The first kappa shape index (κ1) is 17.4. The van der Waals surface area contributed by atoms with Crippen LogP contribution in [-0.2, 0) is 19.9 Å². The van der Waals surface area contributed by atoms with Crippen molar-refractivity contribution >= 4 is 11.9 Å². The molecule has 0 amide bonds. The Morgan fingerprint density at radius 3 is 2.33 bits per heavy atom. The summed E-state index contributed by atoms with van der Waals surface area (Å²) in [6.45, 7) is 3.61. The molecule has 2 aromatic rings. The quantitative estimate of drug-likeness (QED) is 0.600. The first-order valence-corrected chi connectivity index (χ1v) is 7.28. The average Bonchev–Trinajstić information content (AvgIpc) is 2.61. The van der Waals surface area contributed by atoms with Crippen molar-refractivity contribution in [2.24, 2.45) is 0 Å². The van der Waals surface area contributed by atoms with Crippen molar-refractivity contribution in [2.75, 3.05) is 7.11 Å². The standard InChI is InChI=1S/C19H17FO4/c1-3-13-19(18(22)23-2,14-9-5-4-6-10-14)24-17(21)15-11-7-8-12-16(15)20/h3-12H,1,13H2,2H3. The van der Waals surface area contributed by atoms with Gasteiger partial charge in [0.15, 0.2) is 0 Å². The van der Waals surface area contributed by atoms with E-state index in [2.05, 4.69) is 6.58 Å². The SMILES string of the molecule is C=CCC(OC(=O)c1ccccc1F)(C(=O)OC)c1ccccc1. The van der Waals surface area contributed by atoms with Crippen molar-refractivity contribution in [1.82, 2.24) is 0 Å². The van der Waals surface area contributed by atoms with Crippen molar-refractivity contribution in [3.05, 3.63) is 84.2 Å². The highest BCUT2D eigenvalue weighted by molar-refractivity contribution is 5.93. The van der Waals surface area contributed by atoms with E-state index in [9.17, 15) is 14.0 Å². The third-order valence-corrected chi connectivity index (χ3v) is 3.55. The molecule has 2 rings (SSSR count). The maximum Gasteiger partial charge on any atom is 0.355 e. The van der Waals surface area contributed by atoms with Crippen LogP contribution in [0.5, 0.6) is 0 Å². The molecule has 124 valence electrons. The first-order chi connectivity index (χ1) is 11.5. The molecule has 24 heavy (non-hydrogen) atoms. The van der Waals surface area contributed by atoms with Gasteiger partial charge in [-0.25, -0.2) is 14.0 Å². The molecule has 0 aliphatic carbocycles. The van der Waals surface area contributed by atoms with Gasteiger partial charge in [0.1, 0.15) is 5.82 Å². The van der Waals surface area contributed by atoms with Gasteiger partial charge in [-0.05, 0) is 12.1 Å². The van der Waals surface area contributed by atoms with Crippen LogP contribution in [0.25, 0.3) is 0 Å². The minimum absolute atomic E-state index is 0.0100. The van der Waals surface area contributed by atoms with Gasteiger partial charge in [-0.2, -0.15) is 0 Å². The highest BCUT2D eigenvalue weighted by Gasteiger charge is 2.45. The van der Waals surface area contributed by atoms with Gasteiger partial charge in [0, 0.05) is 12.0 Å². The number of halogens is 1. The highest BCUT2D eigenvalue weighted by Crippen LogP contribution is 2.33. The number of ether oxygens (including phenoxy) is 2. The average molecular weight is 328 g/mol. The molecule has 0 saturated carbocycles. The number of hydrogen-bond acceptors (Lipinski definition) is 4. The topological polar surface area (TPSA) is 52.6 Å². The summed E-state index contributed by atoms with van der Waals surface area (Å²) in [5.74, 6) is -2.45. The molecule has 1 atom stereocenters. The molecule has 0 heterocycles. The zero-order valence-electron chi connectivity index (χ0n) is 13.2. The Hall–Kier alpha value is -2.95. The van der Waals surface area contributed by atoms with E-state index in [-0.39, 0.29) is 12.0 Å². The van der Waals surface area contributed by atoms with Crippen LogP contribution in [0.1, 0.15) is 22.3 Å². The zero-order valence-corrected chi connectivity index (χ0v) is 13.2. The molecular formula is C19H17FO4. The van der Waals surface area contributed by atoms with Crippen LogP contribution in [-0.4, -0.2) is 19.0 Å². The fourth-order valence-electron chi connectivity index (χ4n) is 2.38. The van der Waals surface area contributed by atoms with Crippen molar-refractivity contribution < 1.29 is 23.5 Å². The van der Waals surface area contributed by atoms with E-state index >= 15 is 0 Å². The van der Waals surface area contributed by atoms with Gasteiger partial charge >= 0.3 is 11.9 Å². The van der Waals surface area contributed by atoms with E-state index in [0.717, 1.165) is 6.07 Å². The van der Waals surface area contributed by atoms with Crippen LogP contribution >= 0.6 is 0 Å². The number of carbonyl (C=O) groups excluding carboxylic acids is 2. The Labute approximate surface area is 139 Å². The van der Waals surface area contributed by atoms with E-state index < -0.39 is 23.4 Å². The molecule has 2 aromatic carbocycles. The number of carbonyl (C=O) groups is 2. The summed E-state index contributed by atoms with van der Waals surface area (Å²) in [5, 5.41) is 0. The van der Waals surface area contributed by atoms with E-state index in [1.165, 1.54) is 31.4 Å². The summed E-state index contributed by atoms with van der Waals surface area (Å²) in [5.41, 5.74) is -1.57. The van der Waals surface area contributed by atoms with E-state index in [4.69, 9.17) is 9.47 Å². The molecule has 4 nitrogen and oxygen atoms in total. The third-order valence-electron chi connectivity index (χ3n) is 3.55. The monoisotopic (exact) mass is 328 g/mol. The summed E-state index contributed by atoms with van der Waals surface area (Å²) in [6, 6.07) is 13.8. The van der Waals surface area contributed by atoms with Crippen LogP contribution < -0.4 is 0 Å². The molecule has 0 fully saturated rings. The predicted molar refractivity (Wildman–Crippen MR) is 86.8 cm³/mol. The maximum absolute atomic E-state index is 13.8. The van der Waals surface area contributed by atoms with Crippen LogP contribution in [0.3, 0.4) is 0 Å². The van der Waals surface area contributed by atoms with Crippen LogP contribution in [0.4, 0.5) is 4.39 Å². The number of rotatable bonds is 6. The molecule has 0 spiro atoms. The summed E-state index contributed by atoms with van der Waals surface area (Å²) in [7, 11) is 1.19. The third kappa shape index (κ3) is 3.35. The lowest BCUT2D eigenvalue weighted by atomic mass is 9.90. The molecule has 0 aliphatic rings. The Morgan fingerprint density at radius 1 is 1.12 bits per heavy atom. The lowest BCUT2D eigenvalue weighted by molar-refractivity contribution is -0.164. The second-order valence-corrected chi connectivity index (χ2v) is 5.05. The van der Waals surface area contributed by atoms with Gasteiger partial charge in [0.2, 0.25) is 5.60 Å². The molecule has 0 radical (unpaired) electrons. The highest BCUT2D eigenvalue weighted by atomic mass is 19.1. The molecule has 0 N–H and O–H groups in total.